The van der Waals surface area contributed by atoms with Crippen molar-refractivity contribution in [3.63, 3.8) is 0 Å². The first-order chi connectivity index (χ1) is 8.49. The Morgan fingerprint density at radius 3 is 2.67 bits per heavy atom. The van der Waals surface area contributed by atoms with E-state index < -0.39 is 5.91 Å². The van der Waals surface area contributed by atoms with Gasteiger partial charge in [0.2, 0.25) is 0 Å². The van der Waals surface area contributed by atoms with Crippen molar-refractivity contribution in [2.75, 3.05) is 11.1 Å². The van der Waals surface area contributed by atoms with Crippen molar-refractivity contribution in [1.29, 1.82) is 0 Å². The third-order valence-electron chi connectivity index (χ3n) is 2.22. The van der Waals surface area contributed by atoms with Gasteiger partial charge in [0, 0.05) is 5.69 Å². The Bertz CT molecular complexity index is 610. The minimum atomic E-state index is -0.677. The molecule has 0 unspecified atom stereocenters. The van der Waals surface area contributed by atoms with Crippen molar-refractivity contribution >= 4 is 46.4 Å². The number of nitrogens with zero attached hydrogens (tertiary/aromatic N) is 1. The standard InChI is InChI=1S/C10H9Cl2N5O/c11-5-2-1-4(3-6(5)12)15-10-7(9(14)18)8(13)16-17-10/h1-3H,(H2,14,18)(H4,13,15,16,17). The van der Waals surface area contributed by atoms with Crippen molar-refractivity contribution < 1.29 is 4.79 Å². The van der Waals surface area contributed by atoms with Crippen molar-refractivity contribution in [2.45, 2.75) is 0 Å². The summed E-state index contributed by atoms with van der Waals surface area (Å²) in [5.74, 6) is -0.340. The second-order valence-corrected chi connectivity index (χ2v) is 4.29. The SMILES string of the molecule is NC(=O)c1c(Nc2ccc(Cl)c(Cl)c2)n[nH]c1N. The first-order valence-electron chi connectivity index (χ1n) is 4.84. The summed E-state index contributed by atoms with van der Waals surface area (Å²) in [7, 11) is 0. The van der Waals surface area contributed by atoms with Gasteiger partial charge in [-0.3, -0.25) is 9.89 Å². The summed E-state index contributed by atoms with van der Waals surface area (Å²) in [6.45, 7) is 0. The van der Waals surface area contributed by atoms with E-state index in [2.05, 4.69) is 15.5 Å². The lowest BCUT2D eigenvalue weighted by Gasteiger charge is -2.05. The summed E-state index contributed by atoms with van der Waals surface area (Å²) in [5.41, 5.74) is 11.5. The molecule has 1 aromatic heterocycles. The van der Waals surface area contributed by atoms with Crippen molar-refractivity contribution in [3.05, 3.63) is 33.8 Å². The van der Waals surface area contributed by atoms with Gasteiger partial charge >= 0.3 is 0 Å². The molecule has 0 aliphatic heterocycles. The number of nitrogens with two attached hydrogens (primary N) is 2. The molecule has 0 atom stereocenters. The molecule has 1 amide bonds. The second-order valence-electron chi connectivity index (χ2n) is 3.48. The number of aromatic nitrogens is 2. The lowest BCUT2D eigenvalue weighted by molar-refractivity contribution is 0.100. The van der Waals surface area contributed by atoms with Crippen LogP contribution in [0.15, 0.2) is 18.2 Å². The number of nitrogens with one attached hydrogen (secondary N) is 2. The van der Waals surface area contributed by atoms with Gasteiger partial charge in [0.15, 0.2) is 5.82 Å². The molecule has 1 heterocycles. The Morgan fingerprint density at radius 1 is 1.33 bits per heavy atom. The number of carbonyl (C=O) groups is 1. The molecule has 18 heavy (non-hydrogen) atoms. The lowest BCUT2D eigenvalue weighted by Crippen LogP contribution is -2.14. The number of carbonyl (C=O) groups excluding carboxylic acids is 1. The van der Waals surface area contributed by atoms with Crippen LogP contribution in [0.4, 0.5) is 17.3 Å². The van der Waals surface area contributed by atoms with Crippen LogP contribution in [-0.2, 0) is 0 Å². The summed E-state index contributed by atoms with van der Waals surface area (Å²) in [6, 6.07) is 4.90. The molecule has 0 bridgehead atoms. The zero-order chi connectivity index (χ0) is 13.3. The predicted molar refractivity (Wildman–Crippen MR) is 71.3 cm³/mol. The van der Waals surface area contributed by atoms with Crippen molar-refractivity contribution in [3.8, 4) is 0 Å². The molecule has 8 heteroatoms. The summed E-state index contributed by atoms with van der Waals surface area (Å²) in [5, 5.41) is 10.0. The second kappa shape index (κ2) is 4.75. The molecule has 0 fully saturated rings. The monoisotopic (exact) mass is 285 g/mol. The number of halogens is 2. The number of amides is 1. The molecule has 2 aromatic rings. The van der Waals surface area contributed by atoms with E-state index in [1.807, 2.05) is 0 Å². The van der Waals surface area contributed by atoms with E-state index >= 15 is 0 Å². The minimum absolute atomic E-state index is 0.0982. The van der Waals surface area contributed by atoms with Gasteiger partial charge in [0.25, 0.3) is 5.91 Å². The molecule has 0 saturated carbocycles. The van der Waals surface area contributed by atoms with Crippen LogP contribution in [0.3, 0.4) is 0 Å². The van der Waals surface area contributed by atoms with E-state index in [-0.39, 0.29) is 17.2 Å². The molecule has 0 radical (unpaired) electrons. The van der Waals surface area contributed by atoms with Crippen molar-refractivity contribution in [2.24, 2.45) is 5.73 Å². The molecule has 0 aliphatic carbocycles. The molecule has 0 spiro atoms. The third kappa shape index (κ3) is 2.34. The Hall–Kier alpha value is -1.92. The lowest BCUT2D eigenvalue weighted by atomic mass is 10.2. The highest BCUT2D eigenvalue weighted by atomic mass is 35.5. The molecule has 1 aromatic carbocycles. The number of benzene rings is 1. The number of nitrogen functional groups attached to an aromatic ring is 1. The average Bonchev–Trinajstić information content (AvgIpc) is 2.65. The van der Waals surface area contributed by atoms with E-state index in [0.717, 1.165) is 0 Å². The quantitative estimate of drug-likeness (QED) is 0.692. The van der Waals surface area contributed by atoms with Crippen LogP contribution in [0.25, 0.3) is 0 Å². The molecule has 0 saturated heterocycles. The van der Waals surface area contributed by atoms with Crippen LogP contribution in [0, 0.1) is 0 Å². The molecule has 2 rings (SSSR count). The predicted octanol–water partition coefficient (Wildman–Crippen LogP) is 2.14. The van der Waals surface area contributed by atoms with E-state index in [1.54, 1.807) is 18.2 Å². The number of H-pyrrole nitrogens is 1. The average molecular weight is 286 g/mol. The van der Waals surface area contributed by atoms with Gasteiger partial charge in [0.1, 0.15) is 11.4 Å². The molecular weight excluding hydrogens is 277 g/mol. The van der Waals surface area contributed by atoms with Gasteiger partial charge in [-0.1, -0.05) is 23.2 Å². The molecular formula is C10H9Cl2N5O. The van der Waals surface area contributed by atoms with Gasteiger partial charge in [-0.25, -0.2) is 0 Å². The molecule has 94 valence electrons. The summed E-state index contributed by atoms with van der Waals surface area (Å²) in [6.07, 6.45) is 0. The number of rotatable bonds is 3. The van der Waals surface area contributed by atoms with Crippen LogP contribution in [0.5, 0.6) is 0 Å². The van der Waals surface area contributed by atoms with E-state index in [4.69, 9.17) is 34.7 Å². The van der Waals surface area contributed by atoms with E-state index in [0.29, 0.717) is 15.7 Å². The highest BCUT2D eigenvalue weighted by Gasteiger charge is 2.16. The largest absolute Gasteiger partial charge is 0.383 e. The Morgan fingerprint density at radius 2 is 2.06 bits per heavy atom. The van der Waals surface area contributed by atoms with E-state index in [9.17, 15) is 4.79 Å². The fraction of sp³-hybridized carbons (Fsp3) is 0. The molecule has 6 N–H and O–H groups in total. The first kappa shape index (κ1) is 12.5. The van der Waals surface area contributed by atoms with Crippen LogP contribution in [0.2, 0.25) is 10.0 Å². The van der Waals surface area contributed by atoms with Crippen LogP contribution < -0.4 is 16.8 Å². The summed E-state index contributed by atoms with van der Waals surface area (Å²) in [4.78, 5) is 11.2. The van der Waals surface area contributed by atoms with E-state index in [1.165, 1.54) is 0 Å². The maximum absolute atomic E-state index is 11.2. The number of hydrogen-bond acceptors (Lipinski definition) is 4. The zero-order valence-electron chi connectivity index (χ0n) is 9.00. The van der Waals surface area contributed by atoms with Crippen LogP contribution in [0.1, 0.15) is 10.4 Å². The van der Waals surface area contributed by atoms with Crippen molar-refractivity contribution in [1.82, 2.24) is 10.2 Å². The number of primary amides is 1. The zero-order valence-corrected chi connectivity index (χ0v) is 10.5. The summed E-state index contributed by atoms with van der Waals surface area (Å²) < 4.78 is 0. The van der Waals surface area contributed by atoms with Gasteiger partial charge in [-0.2, -0.15) is 5.10 Å². The fourth-order valence-corrected chi connectivity index (χ4v) is 1.70. The van der Waals surface area contributed by atoms with Crippen LogP contribution in [-0.4, -0.2) is 16.1 Å². The normalized spacial score (nSPS) is 10.3. The topological polar surface area (TPSA) is 110 Å². The highest BCUT2D eigenvalue weighted by Crippen LogP contribution is 2.28. The number of aromatic amines is 1. The fourth-order valence-electron chi connectivity index (χ4n) is 1.41. The maximum atomic E-state index is 11.2. The third-order valence-corrected chi connectivity index (χ3v) is 2.96. The minimum Gasteiger partial charge on any atom is -0.383 e. The Kier molecular flexibility index (Phi) is 3.31. The molecule has 0 aliphatic rings. The van der Waals surface area contributed by atoms with Gasteiger partial charge in [0.05, 0.1) is 10.0 Å². The maximum Gasteiger partial charge on any atom is 0.256 e. The van der Waals surface area contributed by atoms with Gasteiger partial charge in [-0.15, -0.1) is 0 Å². The van der Waals surface area contributed by atoms with Gasteiger partial charge in [-0.05, 0) is 18.2 Å². The highest BCUT2D eigenvalue weighted by molar-refractivity contribution is 6.42. The number of anilines is 3. The smallest absolute Gasteiger partial charge is 0.256 e. The number of hydrogen-bond donors (Lipinski definition) is 4. The van der Waals surface area contributed by atoms with Gasteiger partial charge < -0.3 is 16.8 Å². The Labute approximate surface area is 112 Å². The Balaban J connectivity index is 2.34. The van der Waals surface area contributed by atoms with Crippen LogP contribution >= 0.6 is 23.2 Å². The molecule has 6 nitrogen and oxygen atoms in total. The summed E-state index contributed by atoms with van der Waals surface area (Å²) >= 11 is 11.7. The first-order valence-corrected chi connectivity index (χ1v) is 5.60.